The van der Waals surface area contributed by atoms with E-state index in [0.29, 0.717) is 4.47 Å². The Hall–Kier alpha value is -1.41. The predicted octanol–water partition coefficient (Wildman–Crippen LogP) is 2.92. The third kappa shape index (κ3) is 2.45. The van der Waals surface area contributed by atoms with Crippen molar-refractivity contribution in [2.75, 3.05) is 0 Å². The summed E-state index contributed by atoms with van der Waals surface area (Å²) in [6.45, 7) is 1.32. The molecule has 1 atom stereocenters. The van der Waals surface area contributed by atoms with Gasteiger partial charge >= 0.3 is 6.18 Å². The first kappa shape index (κ1) is 15.0. The van der Waals surface area contributed by atoms with Crippen molar-refractivity contribution >= 4 is 27.5 Å². The molecule has 4 nitrogen and oxygen atoms in total. The van der Waals surface area contributed by atoms with E-state index in [-0.39, 0.29) is 16.3 Å². The van der Waals surface area contributed by atoms with Gasteiger partial charge in [0, 0.05) is 22.2 Å². The van der Waals surface area contributed by atoms with Crippen LogP contribution in [0.25, 0.3) is 0 Å². The molecule has 8 heteroatoms. The van der Waals surface area contributed by atoms with Crippen molar-refractivity contribution < 1.29 is 23.1 Å². The van der Waals surface area contributed by atoms with Crippen molar-refractivity contribution in [3.05, 3.63) is 34.3 Å². The number of hydrogen-bond donors (Lipinski definition) is 1. The molecule has 1 aliphatic rings. The summed E-state index contributed by atoms with van der Waals surface area (Å²) in [5, 5.41) is 13.4. The molecule has 1 amide bonds. The molecule has 0 saturated heterocycles. The van der Waals surface area contributed by atoms with Crippen LogP contribution < -0.4 is 0 Å². The second kappa shape index (κ2) is 4.85. The number of carbonyl (C=O) groups excluding carboxylic acids is 1. The number of hydrazone groups is 1. The zero-order chi connectivity index (χ0) is 15.1. The Kier molecular flexibility index (Phi) is 3.64. The van der Waals surface area contributed by atoms with Gasteiger partial charge in [0.1, 0.15) is 0 Å². The van der Waals surface area contributed by atoms with Gasteiger partial charge in [-0.15, -0.1) is 0 Å². The van der Waals surface area contributed by atoms with Gasteiger partial charge in [-0.2, -0.15) is 23.3 Å². The van der Waals surface area contributed by atoms with Gasteiger partial charge < -0.3 is 5.11 Å². The number of alkyl halides is 3. The molecule has 108 valence electrons. The van der Waals surface area contributed by atoms with Crippen molar-refractivity contribution in [2.45, 2.75) is 25.2 Å². The van der Waals surface area contributed by atoms with E-state index < -0.39 is 24.2 Å². The molecule has 20 heavy (non-hydrogen) atoms. The van der Waals surface area contributed by atoms with E-state index in [9.17, 15) is 23.1 Å². The van der Waals surface area contributed by atoms with Gasteiger partial charge in [-0.05, 0) is 25.1 Å². The quantitative estimate of drug-likeness (QED) is 0.846. The Bertz CT molecular complexity index is 588. The molecule has 0 radical (unpaired) electrons. The summed E-state index contributed by atoms with van der Waals surface area (Å²) in [5.41, 5.74) is -3.26. The molecule has 1 heterocycles. The maximum Gasteiger partial charge on any atom is 0.438 e. The summed E-state index contributed by atoms with van der Waals surface area (Å²) in [6.07, 6.45) is -5.74. The van der Waals surface area contributed by atoms with Crippen molar-refractivity contribution in [3.8, 4) is 0 Å². The molecule has 1 N–H and O–H groups in total. The minimum atomic E-state index is -4.99. The van der Waals surface area contributed by atoms with Crippen molar-refractivity contribution in [3.63, 3.8) is 0 Å². The van der Waals surface area contributed by atoms with Gasteiger partial charge in [-0.3, -0.25) is 4.79 Å². The zero-order valence-electron chi connectivity index (χ0n) is 10.3. The van der Waals surface area contributed by atoms with Crippen LogP contribution in [-0.4, -0.2) is 33.6 Å². The summed E-state index contributed by atoms with van der Waals surface area (Å²) in [6, 6.07) is 5.86. The summed E-state index contributed by atoms with van der Waals surface area (Å²) >= 11 is 3.13. The first-order chi connectivity index (χ1) is 9.15. The number of rotatable bonds is 1. The maximum atomic E-state index is 13.0. The Balaban J connectivity index is 2.42. The predicted molar refractivity (Wildman–Crippen MR) is 69.0 cm³/mol. The lowest BCUT2D eigenvalue weighted by Gasteiger charge is -2.32. The van der Waals surface area contributed by atoms with Gasteiger partial charge in [0.25, 0.3) is 11.6 Å². The van der Waals surface area contributed by atoms with Gasteiger partial charge in [-0.1, -0.05) is 22.0 Å². The highest BCUT2D eigenvalue weighted by atomic mass is 79.9. The molecule has 0 aromatic heterocycles. The highest BCUT2D eigenvalue weighted by Crippen LogP contribution is 2.40. The largest absolute Gasteiger partial charge is 0.438 e. The molecule has 1 aromatic carbocycles. The summed E-state index contributed by atoms with van der Waals surface area (Å²) in [4.78, 5) is 12.1. The average Bonchev–Trinajstić information content (AvgIpc) is 2.64. The fraction of sp³-hybridized carbons (Fsp3) is 0.333. The molecule has 1 aliphatic heterocycles. The normalized spacial score (nSPS) is 22.9. The molecule has 0 saturated carbocycles. The molecule has 0 bridgehead atoms. The fourth-order valence-corrected chi connectivity index (χ4v) is 2.30. The lowest BCUT2D eigenvalue weighted by atomic mass is 10.1. The second-order valence-corrected chi connectivity index (χ2v) is 5.37. The molecule has 0 aliphatic carbocycles. The van der Waals surface area contributed by atoms with Crippen LogP contribution in [0, 0.1) is 0 Å². The number of aliphatic hydroxyl groups is 1. The Morgan fingerprint density at radius 1 is 1.50 bits per heavy atom. The Morgan fingerprint density at radius 2 is 2.15 bits per heavy atom. The van der Waals surface area contributed by atoms with E-state index in [2.05, 4.69) is 21.0 Å². The number of hydrogen-bond acceptors (Lipinski definition) is 3. The number of benzene rings is 1. The first-order valence-electron chi connectivity index (χ1n) is 5.58. The minimum Gasteiger partial charge on any atom is -0.362 e. The summed E-state index contributed by atoms with van der Waals surface area (Å²) in [7, 11) is 0. The highest BCUT2D eigenvalue weighted by molar-refractivity contribution is 9.10. The Morgan fingerprint density at radius 3 is 2.70 bits per heavy atom. The van der Waals surface area contributed by atoms with Crippen LogP contribution >= 0.6 is 15.9 Å². The monoisotopic (exact) mass is 350 g/mol. The standard InChI is InChI=1S/C12H10BrF3N2O2/c1-7-6-11(20,12(14,15)16)18(17-7)10(19)8-3-2-4-9(13)5-8/h2-5,20H,6H2,1H3. The first-order valence-corrected chi connectivity index (χ1v) is 6.38. The van der Waals surface area contributed by atoms with Gasteiger partial charge in [-0.25, -0.2) is 0 Å². The van der Waals surface area contributed by atoms with Crippen LogP contribution in [0.15, 0.2) is 33.8 Å². The molecule has 1 aromatic rings. The topological polar surface area (TPSA) is 52.9 Å². The second-order valence-electron chi connectivity index (χ2n) is 4.45. The lowest BCUT2D eigenvalue weighted by Crippen LogP contribution is -2.56. The van der Waals surface area contributed by atoms with Crippen LogP contribution in [0.5, 0.6) is 0 Å². The van der Waals surface area contributed by atoms with Crippen molar-refractivity contribution in [2.24, 2.45) is 5.10 Å². The molecular formula is C12H10BrF3N2O2. The van der Waals surface area contributed by atoms with E-state index in [4.69, 9.17) is 0 Å². The lowest BCUT2D eigenvalue weighted by molar-refractivity contribution is -0.297. The summed E-state index contributed by atoms with van der Waals surface area (Å²) < 4.78 is 39.5. The van der Waals surface area contributed by atoms with Crippen LogP contribution in [-0.2, 0) is 0 Å². The summed E-state index contributed by atoms with van der Waals surface area (Å²) in [5.74, 6) is -1.01. The maximum absolute atomic E-state index is 13.0. The number of nitrogens with zero attached hydrogens (tertiary/aromatic N) is 2. The number of halogens is 4. The van der Waals surface area contributed by atoms with E-state index >= 15 is 0 Å². The third-order valence-corrected chi connectivity index (χ3v) is 3.33. The highest BCUT2D eigenvalue weighted by Gasteiger charge is 2.62. The smallest absolute Gasteiger partial charge is 0.362 e. The van der Waals surface area contributed by atoms with Crippen LogP contribution in [0.1, 0.15) is 23.7 Å². The number of amides is 1. The van der Waals surface area contributed by atoms with Crippen LogP contribution in [0.3, 0.4) is 0 Å². The van der Waals surface area contributed by atoms with Gasteiger partial charge in [0.05, 0.1) is 0 Å². The molecule has 0 spiro atoms. The molecular weight excluding hydrogens is 341 g/mol. The fourth-order valence-electron chi connectivity index (χ4n) is 1.90. The van der Waals surface area contributed by atoms with Crippen LogP contribution in [0.2, 0.25) is 0 Å². The van der Waals surface area contributed by atoms with Crippen LogP contribution in [0.4, 0.5) is 13.2 Å². The van der Waals surface area contributed by atoms with Gasteiger partial charge in [0.15, 0.2) is 0 Å². The molecule has 1 unspecified atom stereocenters. The van der Waals surface area contributed by atoms with E-state index in [0.717, 1.165) is 0 Å². The van der Waals surface area contributed by atoms with Crippen molar-refractivity contribution in [1.29, 1.82) is 0 Å². The van der Waals surface area contributed by atoms with Crippen molar-refractivity contribution in [1.82, 2.24) is 5.01 Å². The molecule has 2 rings (SSSR count). The van der Waals surface area contributed by atoms with E-state index in [1.54, 1.807) is 6.07 Å². The van der Waals surface area contributed by atoms with E-state index in [1.807, 2.05) is 0 Å². The Labute approximate surface area is 121 Å². The molecule has 0 fully saturated rings. The van der Waals surface area contributed by atoms with Gasteiger partial charge in [0.2, 0.25) is 0 Å². The number of carbonyl (C=O) groups is 1. The average molecular weight is 351 g/mol. The zero-order valence-corrected chi connectivity index (χ0v) is 11.9. The van der Waals surface area contributed by atoms with E-state index in [1.165, 1.54) is 25.1 Å². The minimum absolute atomic E-state index is 0.000463. The third-order valence-electron chi connectivity index (χ3n) is 2.84. The SMILES string of the molecule is CC1=NN(C(=O)c2cccc(Br)c2)C(O)(C(F)(F)F)C1.